The minimum Gasteiger partial charge on any atom is -0.380 e. The van der Waals surface area contributed by atoms with E-state index in [4.69, 9.17) is 10.5 Å². The normalized spacial score (nSPS) is 14.1. The molecule has 114 valence electrons. The number of thiazole rings is 1. The van der Waals surface area contributed by atoms with Gasteiger partial charge in [-0.15, -0.1) is 11.3 Å². The lowest BCUT2D eigenvalue weighted by Gasteiger charge is -2.26. The number of aromatic nitrogens is 1. The molecular weight excluding hydrogens is 274 g/mol. The van der Waals surface area contributed by atoms with Gasteiger partial charge in [0.2, 0.25) is 5.91 Å². The van der Waals surface area contributed by atoms with Crippen LogP contribution in [0.4, 0.5) is 0 Å². The van der Waals surface area contributed by atoms with Crippen LogP contribution in [0.1, 0.15) is 41.9 Å². The van der Waals surface area contributed by atoms with E-state index in [1.165, 1.54) is 0 Å². The van der Waals surface area contributed by atoms with E-state index in [0.29, 0.717) is 13.0 Å². The largest absolute Gasteiger partial charge is 0.380 e. The van der Waals surface area contributed by atoms with Crippen LogP contribution in [0, 0.1) is 6.92 Å². The van der Waals surface area contributed by atoms with E-state index >= 15 is 0 Å². The molecule has 1 rings (SSSR count). The lowest BCUT2D eigenvalue weighted by Crippen LogP contribution is -2.35. The lowest BCUT2D eigenvalue weighted by atomic mass is 10.1. The van der Waals surface area contributed by atoms with Crippen molar-refractivity contribution in [3.8, 4) is 0 Å². The summed E-state index contributed by atoms with van der Waals surface area (Å²) < 4.78 is 5.17. The van der Waals surface area contributed by atoms with Crippen molar-refractivity contribution in [1.82, 2.24) is 9.88 Å². The van der Waals surface area contributed by atoms with Crippen molar-refractivity contribution in [3.63, 3.8) is 0 Å². The highest BCUT2D eigenvalue weighted by molar-refractivity contribution is 7.11. The Bertz CT molecular complexity index is 444. The summed E-state index contributed by atoms with van der Waals surface area (Å²) in [6.45, 7) is 6.47. The number of aryl methyl sites for hydroxylation is 2. The SMILES string of the molecule is CCc1nc(C)c(C(C)N(C)C(=O)CC(CN)OC)s1. The molecule has 0 radical (unpaired) electrons. The molecule has 20 heavy (non-hydrogen) atoms. The van der Waals surface area contributed by atoms with E-state index in [1.54, 1.807) is 23.3 Å². The molecule has 1 aromatic heterocycles. The second kappa shape index (κ2) is 7.71. The third-order valence-corrected chi connectivity index (χ3v) is 5.00. The Hall–Kier alpha value is -0.980. The molecule has 0 aliphatic rings. The van der Waals surface area contributed by atoms with Gasteiger partial charge >= 0.3 is 0 Å². The van der Waals surface area contributed by atoms with Gasteiger partial charge < -0.3 is 15.4 Å². The average molecular weight is 299 g/mol. The predicted octanol–water partition coefficient (Wildman–Crippen LogP) is 1.90. The molecule has 2 atom stereocenters. The first kappa shape index (κ1) is 17.1. The van der Waals surface area contributed by atoms with Crippen LogP contribution < -0.4 is 5.73 Å². The van der Waals surface area contributed by atoms with E-state index in [9.17, 15) is 4.79 Å². The highest BCUT2D eigenvalue weighted by Gasteiger charge is 2.23. The van der Waals surface area contributed by atoms with E-state index in [-0.39, 0.29) is 18.1 Å². The zero-order valence-corrected chi connectivity index (χ0v) is 13.8. The summed E-state index contributed by atoms with van der Waals surface area (Å²) in [7, 11) is 3.40. The first-order valence-electron chi connectivity index (χ1n) is 6.89. The van der Waals surface area contributed by atoms with E-state index in [0.717, 1.165) is 22.0 Å². The van der Waals surface area contributed by atoms with Gasteiger partial charge in [-0.2, -0.15) is 0 Å². The number of nitrogens with two attached hydrogens (primary N) is 1. The van der Waals surface area contributed by atoms with E-state index in [1.807, 2.05) is 20.9 Å². The molecule has 2 unspecified atom stereocenters. The maximum atomic E-state index is 12.2. The van der Waals surface area contributed by atoms with Crippen molar-refractivity contribution in [2.24, 2.45) is 5.73 Å². The number of carbonyl (C=O) groups is 1. The molecule has 0 spiro atoms. The summed E-state index contributed by atoms with van der Waals surface area (Å²) in [5, 5.41) is 1.11. The van der Waals surface area contributed by atoms with Crippen LogP contribution in [0.25, 0.3) is 0 Å². The fourth-order valence-electron chi connectivity index (χ4n) is 2.00. The van der Waals surface area contributed by atoms with Crippen molar-refractivity contribution in [2.45, 2.75) is 45.8 Å². The molecule has 0 aromatic carbocycles. The Balaban J connectivity index is 2.77. The summed E-state index contributed by atoms with van der Waals surface area (Å²) in [4.78, 5) is 19.7. The van der Waals surface area contributed by atoms with Crippen LogP contribution >= 0.6 is 11.3 Å². The molecule has 5 nitrogen and oxygen atoms in total. The zero-order chi connectivity index (χ0) is 15.3. The van der Waals surface area contributed by atoms with Crippen LogP contribution in [0.15, 0.2) is 0 Å². The Morgan fingerprint density at radius 3 is 2.65 bits per heavy atom. The number of hydrogen-bond donors (Lipinski definition) is 1. The summed E-state index contributed by atoms with van der Waals surface area (Å²) in [6.07, 6.45) is 1.02. The highest BCUT2D eigenvalue weighted by Crippen LogP contribution is 2.29. The summed E-state index contributed by atoms with van der Waals surface area (Å²) in [6, 6.07) is 0.0237. The Morgan fingerprint density at radius 2 is 2.20 bits per heavy atom. The third kappa shape index (κ3) is 4.01. The van der Waals surface area contributed by atoms with Gasteiger partial charge in [0.25, 0.3) is 0 Å². The minimum atomic E-state index is -0.217. The van der Waals surface area contributed by atoms with Crippen LogP contribution in [0.5, 0.6) is 0 Å². The molecule has 6 heteroatoms. The standard InChI is InChI=1S/C14H25N3O2S/c1-6-12-16-9(2)14(20-12)10(3)17(4)13(18)7-11(8-15)19-5/h10-11H,6-8,15H2,1-5H3. The Kier molecular flexibility index (Phi) is 6.58. The number of methoxy groups -OCH3 is 1. The molecule has 0 aliphatic carbocycles. The van der Waals surface area contributed by atoms with Gasteiger partial charge in [0, 0.05) is 25.6 Å². The quantitative estimate of drug-likeness (QED) is 0.835. The molecule has 1 heterocycles. The summed E-state index contributed by atoms with van der Waals surface area (Å²) in [5.41, 5.74) is 6.58. The molecule has 0 saturated carbocycles. The van der Waals surface area contributed by atoms with Crippen LogP contribution in [0.2, 0.25) is 0 Å². The molecule has 0 saturated heterocycles. The first-order valence-corrected chi connectivity index (χ1v) is 7.70. The Morgan fingerprint density at radius 1 is 1.55 bits per heavy atom. The van der Waals surface area contributed by atoms with Gasteiger partial charge in [-0.05, 0) is 20.3 Å². The van der Waals surface area contributed by atoms with E-state index in [2.05, 4.69) is 11.9 Å². The fourth-order valence-corrected chi connectivity index (χ4v) is 3.10. The van der Waals surface area contributed by atoms with Crippen molar-refractivity contribution in [2.75, 3.05) is 20.7 Å². The third-order valence-electron chi connectivity index (χ3n) is 3.53. The van der Waals surface area contributed by atoms with Crippen LogP contribution in [-0.4, -0.2) is 42.6 Å². The second-order valence-corrected chi connectivity index (χ2v) is 6.00. The second-order valence-electron chi connectivity index (χ2n) is 4.89. The monoisotopic (exact) mass is 299 g/mol. The zero-order valence-electron chi connectivity index (χ0n) is 13.0. The highest BCUT2D eigenvalue weighted by atomic mass is 32.1. The van der Waals surface area contributed by atoms with Crippen LogP contribution in [-0.2, 0) is 16.0 Å². The maximum absolute atomic E-state index is 12.2. The number of amides is 1. The minimum absolute atomic E-state index is 0.0237. The molecule has 0 bridgehead atoms. The first-order chi connectivity index (χ1) is 9.44. The number of carbonyl (C=O) groups excluding carboxylic acids is 1. The number of nitrogens with zero attached hydrogens (tertiary/aromatic N) is 2. The van der Waals surface area contributed by atoms with Gasteiger partial charge in [-0.1, -0.05) is 6.92 Å². The number of ether oxygens (including phenoxy) is 1. The van der Waals surface area contributed by atoms with Gasteiger partial charge in [-0.3, -0.25) is 4.79 Å². The molecule has 0 fully saturated rings. The van der Waals surface area contributed by atoms with Crippen LogP contribution in [0.3, 0.4) is 0 Å². The number of hydrogen-bond acceptors (Lipinski definition) is 5. The number of rotatable bonds is 7. The molecule has 1 amide bonds. The molecular formula is C14H25N3O2S. The van der Waals surface area contributed by atoms with Crippen molar-refractivity contribution in [1.29, 1.82) is 0 Å². The fraction of sp³-hybridized carbons (Fsp3) is 0.714. The molecule has 0 aliphatic heterocycles. The van der Waals surface area contributed by atoms with Gasteiger partial charge in [-0.25, -0.2) is 4.98 Å². The van der Waals surface area contributed by atoms with Gasteiger partial charge in [0.15, 0.2) is 0 Å². The van der Waals surface area contributed by atoms with E-state index < -0.39 is 0 Å². The van der Waals surface area contributed by atoms with Gasteiger partial charge in [0.05, 0.1) is 29.3 Å². The smallest absolute Gasteiger partial charge is 0.225 e. The summed E-state index contributed by atoms with van der Waals surface area (Å²) >= 11 is 1.68. The molecule has 2 N–H and O–H groups in total. The van der Waals surface area contributed by atoms with Gasteiger partial charge in [0.1, 0.15) is 0 Å². The topological polar surface area (TPSA) is 68.5 Å². The van der Waals surface area contributed by atoms with Crippen molar-refractivity contribution in [3.05, 3.63) is 15.6 Å². The Labute approximate surface area is 125 Å². The summed E-state index contributed by atoms with van der Waals surface area (Å²) in [5.74, 6) is 0.0423. The maximum Gasteiger partial charge on any atom is 0.225 e. The predicted molar refractivity (Wildman–Crippen MR) is 81.9 cm³/mol. The molecule has 1 aromatic rings. The lowest BCUT2D eigenvalue weighted by molar-refractivity contribution is -0.134. The van der Waals surface area contributed by atoms with Crippen molar-refractivity contribution >= 4 is 17.2 Å². The van der Waals surface area contributed by atoms with Crippen molar-refractivity contribution < 1.29 is 9.53 Å². The average Bonchev–Trinajstić information content (AvgIpc) is 2.83.